The molecular weight excluding hydrogens is 702 g/mol. The summed E-state index contributed by atoms with van der Waals surface area (Å²) in [6, 6.07) is 27.7. The van der Waals surface area contributed by atoms with Crippen molar-refractivity contribution in [3.8, 4) is 17.6 Å². The molecule has 3 aromatic carbocycles. The van der Waals surface area contributed by atoms with Crippen LogP contribution in [0.1, 0.15) is 71.6 Å². The first-order valence-electron chi connectivity index (χ1n) is 18.4. The van der Waals surface area contributed by atoms with Gasteiger partial charge in [0.05, 0.1) is 46.0 Å². The number of hydrogen-bond acceptors (Lipinski definition) is 9. The van der Waals surface area contributed by atoms with Crippen LogP contribution in [0.4, 0.5) is 0 Å². The summed E-state index contributed by atoms with van der Waals surface area (Å²) in [5.74, 6) is 1.46. The van der Waals surface area contributed by atoms with Crippen LogP contribution in [0.25, 0.3) is 0 Å². The number of benzene rings is 3. The Morgan fingerprint density at radius 3 is 1.77 bits per heavy atom. The number of nitriles is 1. The SMILES string of the molecule is [B][C@@H]1O[C@H](COP(OCCC#N)N(C(C)C)C(C)C)C(OC(c2ccccc2)(c2ccc(OC)cc2)c2ccc(OC)cc2)C1O[Si](C)(C)C(C)(C)C. The minimum Gasteiger partial charge on any atom is -0.497 e. The van der Waals surface area contributed by atoms with Crippen molar-refractivity contribution < 1.29 is 32.4 Å². The standard InChI is InChI=1S/C41H58BN2O7PSi/c1-29(2)44(30(3)4)52(47-27-15-26-43)48-28-36-37(38(39(42)49-36)51-53(10,11)40(5,6)7)50-41(31-16-13-12-14-17-31,32-18-22-34(45-8)23-19-32)33-20-24-35(46-9)25-21-33/h12-14,16-25,29-30,36-39H,15,27-28H2,1-11H3/t36-,37?,38?,39-,52?/m1/s1. The van der Waals surface area contributed by atoms with Crippen LogP contribution in [0.3, 0.4) is 0 Å². The first-order valence-corrected chi connectivity index (χ1v) is 22.5. The average molecular weight is 761 g/mol. The van der Waals surface area contributed by atoms with Crippen LogP contribution < -0.4 is 9.47 Å². The molecule has 0 N–H and O–H groups in total. The second kappa shape index (κ2) is 18.7. The molecule has 3 aromatic rings. The molecule has 0 saturated carbocycles. The Bertz CT molecular complexity index is 1540. The van der Waals surface area contributed by atoms with E-state index in [-0.39, 0.29) is 36.8 Å². The first kappa shape index (κ1) is 43.0. The van der Waals surface area contributed by atoms with E-state index < -0.39 is 46.8 Å². The predicted molar refractivity (Wildman–Crippen MR) is 215 cm³/mol. The zero-order valence-electron chi connectivity index (χ0n) is 33.4. The van der Waals surface area contributed by atoms with Gasteiger partial charge in [0.15, 0.2) is 8.32 Å². The molecule has 286 valence electrons. The smallest absolute Gasteiger partial charge is 0.259 e. The highest BCUT2D eigenvalue weighted by atomic mass is 31.2. The van der Waals surface area contributed by atoms with Crippen molar-refractivity contribution in [2.24, 2.45) is 0 Å². The van der Waals surface area contributed by atoms with Crippen LogP contribution in [-0.4, -0.2) is 84.7 Å². The normalized spacial score (nSPS) is 20.2. The third-order valence-corrected chi connectivity index (χ3v) is 16.6. The van der Waals surface area contributed by atoms with E-state index in [0.29, 0.717) is 0 Å². The van der Waals surface area contributed by atoms with Gasteiger partial charge in [-0.15, -0.1) is 0 Å². The summed E-state index contributed by atoms with van der Waals surface area (Å²) in [5, 5.41) is 9.17. The summed E-state index contributed by atoms with van der Waals surface area (Å²) in [5.41, 5.74) is 1.53. The predicted octanol–water partition coefficient (Wildman–Crippen LogP) is 8.96. The summed E-state index contributed by atoms with van der Waals surface area (Å²) in [6.07, 6.45) is -1.69. The van der Waals surface area contributed by atoms with E-state index in [2.05, 4.69) is 84.4 Å². The van der Waals surface area contributed by atoms with Gasteiger partial charge in [-0.2, -0.15) is 5.26 Å². The molecule has 5 atom stereocenters. The van der Waals surface area contributed by atoms with E-state index in [1.807, 2.05) is 66.7 Å². The van der Waals surface area contributed by atoms with Crippen LogP contribution in [0.5, 0.6) is 11.5 Å². The van der Waals surface area contributed by atoms with Gasteiger partial charge >= 0.3 is 0 Å². The second-order valence-corrected chi connectivity index (χ2v) is 21.6. The van der Waals surface area contributed by atoms with E-state index in [1.165, 1.54) is 0 Å². The summed E-state index contributed by atoms with van der Waals surface area (Å²) >= 11 is 0. The fourth-order valence-electron chi connectivity index (χ4n) is 6.37. The number of hydrogen-bond donors (Lipinski definition) is 0. The van der Waals surface area contributed by atoms with Gasteiger partial charge in [0, 0.05) is 18.1 Å². The molecule has 0 amide bonds. The van der Waals surface area contributed by atoms with Crippen LogP contribution in [-0.2, 0) is 28.5 Å². The van der Waals surface area contributed by atoms with E-state index in [1.54, 1.807) is 14.2 Å². The van der Waals surface area contributed by atoms with Gasteiger partial charge in [0.1, 0.15) is 37.2 Å². The minimum absolute atomic E-state index is 0.105. The van der Waals surface area contributed by atoms with Crippen LogP contribution in [0, 0.1) is 11.3 Å². The van der Waals surface area contributed by atoms with E-state index in [0.717, 1.165) is 28.2 Å². The van der Waals surface area contributed by atoms with Crippen molar-refractivity contribution in [3.05, 3.63) is 95.6 Å². The molecule has 53 heavy (non-hydrogen) atoms. The van der Waals surface area contributed by atoms with Gasteiger partial charge in [0.25, 0.3) is 8.53 Å². The highest BCUT2D eigenvalue weighted by Crippen LogP contribution is 2.49. The van der Waals surface area contributed by atoms with Crippen molar-refractivity contribution in [3.63, 3.8) is 0 Å². The molecule has 12 heteroatoms. The molecule has 3 unspecified atom stereocenters. The Morgan fingerprint density at radius 2 is 1.32 bits per heavy atom. The van der Waals surface area contributed by atoms with Crippen molar-refractivity contribution in [2.45, 2.75) is 115 Å². The van der Waals surface area contributed by atoms with E-state index in [4.69, 9.17) is 40.3 Å². The van der Waals surface area contributed by atoms with Gasteiger partial charge in [0.2, 0.25) is 0 Å². The quantitative estimate of drug-likeness (QED) is 0.0546. The fraction of sp³-hybridized carbons (Fsp3) is 0.537. The molecule has 1 aliphatic heterocycles. The molecule has 2 radical (unpaired) electrons. The number of rotatable bonds is 18. The topological polar surface area (TPSA) is 91.6 Å². The molecule has 0 spiro atoms. The van der Waals surface area contributed by atoms with Gasteiger partial charge in [-0.1, -0.05) is 75.4 Å². The van der Waals surface area contributed by atoms with Crippen molar-refractivity contribution >= 4 is 24.7 Å². The fourth-order valence-corrected chi connectivity index (χ4v) is 9.29. The summed E-state index contributed by atoms with van der Waals surface area (Å²) in [6.45, 7) is 19.9. The van der Waals surface area contributed by atoms with Crippen molar-refractivity contribution in [1.82, 2.24) is 4.67 Å². The molecule has 4 rings (SSSR count). The molecule has 0 bridgehead atoms. The van der Waals surface area contributed by atoms with Gasteiger partial charge < -0.3 is 32.4 Å². The highest BCUT2D eigenvalue weighted by molar-refractivity contribution is 7.44. The summed E-state index contributed by atoms with van der Waals surface area (Å²) in [7, 11) is 6.26. The molecular formula is C41H58BN2O7PSi. The Hall–Kier alpha value is -2.78. The molecule has 0 aromatic heterocycles. The highest BCUT2D eigenvalue weighted by Gasteiger charge is 2.53. The minimum atomic E-state index is -2.41. The Balaban J connectivity index is 1.90. The third-order valence-electron chi connectivity index (χ3n) is 10.1. The zero-order chi connectivity index (χ0) is 39.0. The first-order chi connectivity index (χ1) is 25.1. The van der Waals surface area contributed by atoms with Gasteiger partial charge in [-0.3, -0.25) is 0 Å². The maximum absolute atomic E-state index is 9.28. The summed E-state index contributed by atoms with van der Waals surface area (Å²) < 4.78 is 47.8. The number of methoxy groups -OCH3 is 2. The maximum atomic E-state index is 9.28. The van der Waals surface area contributed by atoms with E-state index >= 15 is 0 Å². The zero-order valence-corrected chi connectivity index (χ0v) is 35.3. The van der Waals surface area contributed by atoms with E-state index in [9.17, 15) is 5.26 Å². The van der Waals surface area contributed by atoms with Gasteiger partial charge in [-0.05, 0) is 86.8 Å². The lowest BCUT2D eigenvalue weighted by Crippen LogP contribution is -2.52. The third kappa shape index (κ3) is 10.1. The lowest BCUT2D eigenvalue weighted by molar-refractivity contribution is -0.109. The monoisotopic (exact) mass is 760 g/mol. The van der Waals surface area contributed by atoms with Crippen LogP contribution in [0.2, 0.25) is 18.1 Å². The van der Waals surface area contributed by atoms with Crippen LogP contribution >= 0.6 is 8.53 Å². The van der Waals surface area contributed by atoms with Crippen molar-refractivity contribution in [2.75, 3.05) is 27.4 Å². The average Bonchev–Trinajstić information content (AvgIpc) is 3.41. The Labute approximate surface area is 321 Å². The molecule has 1 fully saturated rings. The summed E-state index contributed by atoms with van der Waals surface area (Å²) in [4.78, 5) is 0. The molecule has 1 saturated heterocycles. The lowest BCUT2D eigenvalue weighted by Gasteiger charge is -2.44. The molecule has 0 aliphatic carbocycles. The van der Waals surface area contributed by atoms with Crippen molar-refractivity contribution in [1.29, 1.82) is 5.26 Å². The molecule has 1 aliphatic rings. The van der Waals surface area contributed by atoms with Crippen LogP contribution in [0.15, 0.2) is 78.9 Å². The molecule has 9 nitrogen and oxygen atoms in total. The Morgan fingerprint density at radius 1 is 0.811 bits per heavy atom. The van der Waals surface area contributed by atoms with Gasteiger partial charge in [-0.25, -0.2) is 4.67 Å². The second-order valence-electron chi connectivity index (χ2n) is 15.4. The number of ether oxygens (including phenoxy) is 4. The Kier molecular flexibility index (Phi) is 15.2. The lowest BCUT2D eigenvalue weighted by atomic mass is 9.79. The number of nitrogens with zero attached hydrogens (tertiary/aromatic N) is 2. The maximum Gasteiger partial charge on any atom is 0.259 e. The molecule has 1 heterocycles. The largest absolute Gasteiger partial charge is 0.497 e.